The van der Waals surface area contributed by atoms with E-state index in [2.05, 4.69) is 10.3 Å². The van der Waals surface area contributed by atoms with Gasteiger partial charge in [-0.1, -0.05) is 17.7 Å². The van der Waals surface area contributed by atoms with Gasteiger partial charge in [0, 0.05) is 40.9 Å². The molecule has 0 amide bonds. The van der Waals surface area contributed by atoms with Gasteiger partial charge in [0.05, 0.1) is 24.4 Å². The van der Waals surface area contributed by atoms with Gasteiger partial charge in [0.2, 0.25) is 0 Å². The second-order valence-electron chi connectivity index (χ2n) is 8.95. The number of hydrogen-bond donors (Lipinski definition) is 2. The molecule has 2 atom stereocenters. The largest absolute Gasteiger partial charge is 0.480 e. The van der Waals surface area contributed by atoms with E-state index in [0.29, 0.717) is 28.6 Å². The SMILES string of the molecule is CCOC(=O)C1=C(CN2CC(C)(C)OC[C@H]2C(=O)O)NC(c2nccs2)=NC1c1ccc(F)cc1Cl. The topological polar surface area (TPSA) is 113 Å². The molecule has 0 radical (unpaired) electrons. The highest BCUT2D eigenvalue weighted by atomic mass is 35.5. The Morgan fingerprint density at radius 3 is 2.83 bits per heavy atom. The average molecular weight is 537 g/mol. The molecule has 2 aliphatic rings. The summed E-state index contributed by atoms with van der Waals surface area (Å²) in [4.78, 5) is 36.1. The maximum absolute atomic E-state index is 13.8. The molecule has 2 N–H and O–H groups in total. The van der Waals surface area contributed by atoms with E-state index in [1.807, 2.05) is 13.8 Å². The number of morpholine rings is 1. The van der Waals surface area contributed by atoms with Gasteiger partial charge in [0.15, 0.2) is 10.8 Å². The van der Waals surface area contributed by atoms with Crippen molar-refractivity contribution in [3.8, 4) is 0 Å². The van der Waals surface area contributed by atoms with Crippen LogP contribution in [-0.2, 0) is 19.1 Å². The lowest BCUT2D eigenvalue weighted by Gasteiger charge is -2.42. The van der Waals surface area contributed by atoms with Crippen LogP contribution < -0.4 is 5.32 Å². The summed E-state index contributed by atoms with van der Waals surface area (Å²) in [5.41, 5.74) is 0.380. The predicted molar refractivity (Wildman–Crippen MR) is 133 cm³/mol. The number of nitrogens with one attached hydrogen (secondary N) is 1. The number of benzene rings is 1. The molecule has 1 aromatic heterocycles. The van der Waals surface area contributed by atoms with Gasteiger partial charge >= 0.3 is 11.9 Å². The number of carbonyl (C=O) groups excluding carboxylic acids is 1. The minimum absolute atomic E-state index is 0.00893. The molecule has 12 heteroatoms. The van der Waals surface area contributed by atoms with E-state index in [1.54, 1.807) is 23.4 Å². The van der Waals surface area contributed by atoms with Crippen LogP contribution in [0.15, 0.2) is 46.0 Å². The van der Waals surface area contributed by atoms with Gasteiger partial charge in [-0.15, -0.1) is 11.3 Å². The van der Waals surface area contributed by atoms with Crippen LogP contribution in [0.4, 0.5) is 4.39 Å². The molecule has 36 heavy (non-hydrogen) atoms. The van der Waals surface area contributed by atoms with Crippen molar-refractivity contribution in [2.45, 2.75) is 38.5 Å². The van der Waals surface area contributed by atoms with Gasteiger partial charge < -0.3 is 19.9 Å². The van der Waals surface area contributed by atoms with Crippen molar-refractivity contribution >= 4 is 40.7 Å². The van der Waals surface area contributed by atoms with Crippen LogP contribution in [0.1, 0.15) is 37.4 Å². The Kier molecular flexibility index (Phi) is 7.74. The van der Waals surface area contributed by atoms with Crippen LogP contribution in [0.25, 0.3) is 0 Å². The number of carboxylic acid groups (broad SMARTS) is 1. The summed E-state index contributed by atoms with van der Waals surface area (Å²) in [7, 11) is 0. The summed E-state index contributed by atoms with van der Waals surface area (Å²) in [5.74, 6) is -1.81. The monoisotopic (exact) mass is 536 g/mol. The summed E-state index contributed by atoms with van der Waals surface area (Å²) >= 11 is 7.74. The van der Waals surface area contributed by atoms with Gasteiger partial charge in [0.25, 0.3) is 0 Å². The van der Waals surface area contributed by atoms with E-state index in [0.717, 1.165) is 6.07 Å². The molecule has 1 unspecified atom stereocenters. The van der Waals surface area contributed by atoms with E-state index < -0.39 is 35.4 Å². The van der Waals surface area contributed by atoms with Gasteiger partial charge in [-0.2, -0.15) is 0 Å². The van der Waals surface area contributed by atoms with Crippen LogP contribution in [0, 0.1) is 5.82 Å². The minimum atomic E-state index is -1.04. The summed E-state index contributed by atoms with van der Waals surface area (Å²) < 4.78 is 24.9. The average Bonchev–Trinajstić information content (AvgIpc) is 3.33. The number of amidine groups is 1. The fraction of sp³-hybridized carbons (Fsp3) is 0.417. The molecule has 2 aliphatic heterocycles. The number of carbonyl (C=O) groups is 2. The molecule has 4 rings (SSSR count). The van der Waals surface area contributed by atoms with Crippen molar-refractivity contribution in [2.75, 3.05) is 26.3 Å². The second-order valence-corrected chi connectivity index (χ2v) is 10.3. The van der Waals surface area contributed by atoms with Gasteiger partial charge in [-0.05, 0) is 32.9 Å². The first-order valence-electron chi connectivity index (χ1n) is 11.3. The van der Waals surface area contributed by atoms with Crippen molar-refractivity contribution in [3.63, 3.8) is 0 Å². The number of aliphatic imine (C=N–C) groups is 1. The Morgan fingerprint density at radius 2 is 2.19 bits per heavy atom. The molecule has 192 valence electrons. The zero-order valence-corrected chi connectivity index (χ0v) is 21.5. The quantitative estimate of drug-likeness (QED) is 0.518. The first-order valence-corrected chi connectivity index (χ1v) is 12.6. The molecule has 0 spiro atoms. The van der Waals surface area contributed by atoms with E-state index in [4.69, 9.17) is 26.1 Å². The van der Waals surface area contributed by atoms with Crippen molar-refractivity contribution in [2.24, 2.45) is 4.99 Å². The Labute approximate surface area is 216 Å². The van der Waals surface area contributed by atoms with Crippen molar-refractivity contribution in [1.29, 1.82) is 0 Å². The number of esters is 1. The Hall–Kier alpha value is -2.86. The molecule has 0 bridgehead atoms. The fourth-order valence-electron chi connectivity index (χ4n) is 4.22. The van der Waals surface area contributed by atoms with Crippen LogP contribution in [-0.4, -0.2) is 70.7 Å². The van der Waals surface area contributed by atoms with Crippen LogP contribution in [0.3, 0.4) is 0 Å². The third-order valence-corrected chi connectivity index (χ3v) is 6.92. The summed E-state index contributed by atoms with van der Waals surface area (Å²) in [6.45, 7) is 5.90. The zero-order chi connectivity index (χ0) is 26.0. The number of aliphatic carboxylic acids is 1. The molecule has 9 nitrogen and oxygen atoms in total. The molecule has 3 heterocycles. The predicted octanol–water partition coefficient (Wildman–Crippen LogP) is 3.41. The fourth-order valence-corrected chi connectivity index (χ4v) is 5.08. The Morgan fingerprint density at radius 1 is 1.42 bits per heavy atom. The summed E-state index contributed by atoms with van der Waals surface area (Å²) in [6, 6.07) is 2.03. The number of nitrogens with zero attached hydrogens (tertiary/aromatic N) is 3. The zero-order valence-electron chi connectivity index (χ0n) is 20.0. The molecular formula is C24H26ClFN4O5S. The molecule has 0 aliphatic carbocycles. The molecule has 1 fully saturated rings. The van der Waals surface area contributed by atoms with E-state index in [9.17, 15) is 19.1 Å². The standard InChI is InChI=1S/C24H26ClFN4O5S/c1-4-34-23(33)18-16(10-30-12-24(2,3)35-11-17(30)22(31)32)28-20(21-27-7-8-36-21)29-19(18)14-6-5-13(26)9-15(14)25/h5-9,17,19H,4,10-12H2,1-3H3,(H,28,29)(H,31,32)/t17-,19?/m0/s1. The van der Waals surface area contributed by atoms with E-state index in [1.165, 1.54) is 23.5 Å². The van der Waals surface area contributed by atoms with Gasteiger partial charge in [-0.3, -0.25) is 14.7 Å². The highest BCUT2D eigenvalue weighted by molar-refractivity contribution is 7.11. The first kappa shape index (κ1) is 26.2. The third-order valence-electron chi connectivity index (χ3n) is 5.82. The van der Waals surface area contributed by atoms with Crippen molar-refractivity contribution in [1.82, 2.24) is 15.2 Å². The highest BCUT2D eigenvalue weighted by Crippen LogP contribution is 2.37. The summed E-state index contributed by atoms with van der Waals surface area (Å²) in [5, 5.41) is 15.5. The lowest BCUT2D eigenvalue weighted by atomic mass is 9.94. The van der Waals surface area contributed by atoms with Crippen molar-refractivity contribution in [3.05, 3.63) is 62.5 Å². The molecule has 0 saturated carbocycles. The van der Waals surface area contributed by atoms with Crippen LogP contribution in [0.5, 0.6) is 0 Å². The number of ether oxygens (including phenoxy) is 2. The number of thiazole rings is 1. The first-order chi connectivity index (χ1) is 17.1. The van der Waals surface area contributed by atoms with E-state index in [-0.39, 0.29) is 30.4 Å². The number of aromatic nitrogens is 1. The Bertz CT molecular complexity index is 1220. The molecular weight excluding hydrogens is 511 g/mol. The second kappa shape index (κ2) is 10.6. The lowest BCUT2D eigenvalue weighted by molar-refractivity contribution is -0.161. The Balaban J connectivity index is 1.85. The smallest absolute Gasteiger partial charge is 0.338 e. The van der Waals surface area contributed by atoms with Crippen LogP contribution >= 0.6 is 22.9 Å². The van der Waals surface area contributed by atoms with Crippen molar-refractivity contribution < 1.29 is 28.6 Å². The normalized spacial score (nSPS) is 22.1. The molecule has 1 aromatic carbocycles. The summed E-state index contributed by atoms with van der Waals surface area (Å²) in [6.07, 6.45) is 1.62. The maximum atomic E-state index is 13.8. The minimum Gasteiger partial charge on any atom is -0.480 e. The molecule has 2 aromatic rings. The van der Waals surface area contributed by atoms with Crippen LogP contribution in [0.2, 0.25) is 5.02 Å². The number of halogens is 2. The third kappa shape index (κ3) is 5.59. The van der Waals surface area contributed by atoms with Gasteiger partial charge in [-0.25, -0.2) is 14.2 Å². The number of hydrogen-bond acceptors (Lipinski definition) is 9. The molecule has 1 saturated heterocycles. The maximum Gasteiger partial charge on any atom is 0.338 e. The van der Waals surface area contributed by atoms with E-state index >= 15 is 0 Å². The lowest BCUT2D eigenvalue weighted by Crippen LogP contribution is -2.58. The number of rotatable bonds is 7. The highest BCUT2D eigenvalue weighted by Gasteiger charge is 2.40. The number of carboxylic acids is 1. The van der Waals surface area contributed by atoms with Gasteiger partial charge in [0.1, 0.15) is 17.9 Å².